The van der Waals surface area contributed by atoms with Gasteiger partial charge in [0.15, 0.2) is 0 Å². The van der Waals surface area contributed by atoms with Crippen LogP contribution in [-0.2, 0) is 6.54 Å². The molecule has 110 valence electrons. The molecule has 1 heterocycles. The largest absolute Gasteiger partial charge is 0.497 e. The fraction of sp³-hybridized carbons (Fsp3) is 0.143. The van der Waals surface area contributed by atoms with Crippen LogP contribution in [0.4, 0.5) is 16.2 Å². The second kappa shape index (κ2) is 6.87. The molecule has 0 atom stereocenters. The molecule has 1 aromatic carbocycles. The highest BCUT2D eigenvalue weighted by atomic mass is 32.1. The summed E-state index contributed by atoms with van der Waals surface area (Å²) in [6.07, 6.45) is 0. The van der Waals surface area contributed by atoms with E-state index in [1.54, 1.807) is 36.6 Å². The van der Waals surface area contributed by atoms with Crippen molar-refractivity contribution in [2.24, 2.45) is 10.8 Å². The quantitative estimate of drug-likeness (QED) is 0.386. The summed E-state index contributed by atoms with van der Waals surface area (Å²) in [6.45, 7) is 3.91. The first-order valence-electron chi connectivity index (χ1n) is 6.15. The first-order valence-corrected chi connectivity index (χ1v) is 7.03. The molecule has 0 bridgehead atoms. The van der Waals surface area contributed by atoms with Crippen molar-refractivity contribution >= 4 is 35.5 Å². The molecule has 6 nitrogen and oxygen atoms in total. The number of nitrogens with two attached hydrogens (primary N) is 1. The Labute approximate surface area is 126 Å². The normalized spacial score (nSPS) is 10.0. The third-order valence-electron chi connectivity index (χ3n) is 2.83. The molecule has 0 unspecified atom stereocenters. The second-order valence-electron chi connectivity index (χ2n) is 4.12. The van der Waals surface area contributed by atoms with Gasteiger partial charge < -0.3 is 10.1 Å². The standard InChI is InChI=1S/C14H16N4O2S/c1-16-12-8-10(20-2)5-6-13(12)18(15)14(19)17-9-11-4-3-7-21-11/h3-8H,1,9,15H2,2H3,(H,17,19). The second-order valence-corrected chi connectivity index (χ2v) is 5.15. The van der Waals surface area contributed by atoms with Crippen molar-refractivity contribution in [2.75, 3.05) is 12.1 Å². The lowest BCUT2D eigenvalue weighted by Gasteiger charge is -2.19. The smallest absolute Gasteiger partial charge is 0.336 e. The van der Waals surface area contributed by atoms with E-state index in [1.165, 1.54) is 0 Å². The van der Waals surface area contributed by atoms with Gasteiger partial charge in [-0.3, -0.25) is 4.99 Å². The molecule has 0 aliphatic carbocycles. The molecule has 2 aromatic rings. The zero-order valence-corrected chi connectivity index (χ0v) is 12.4. The molecule has 0 aliphatic rings. The van der Waals surface area contributed by atoms with Gasteiger partial charge in [-0.05, 0) is 30.3 Å². The molecule has 0 fully saturated rings. The van der Waals surface area contributed by atoms with Gasteiger partial charge in [0.1, 0.15) is 5.75 Å². The predicted octanol–water partition coefficient (Wildman–Crippen LogP) is 2.68. The van der Waals surface area contributed by atoms with Crippen LogP contribution in [0.5, 0.6) is 5.75 Å². The van der Waals surface area contributed by atoms with Crippen molar-refractivity contribution < 1.29 is 9.53 Å². The van der Waals surface area contributed by atoms with Crippen molar-refractivity contribution in [3.63, 3.8) is 0 Å². The Morgan fingerprint density at radius 1 is 1.52 bits per heavy atom. The summed E-state index contributed by atoms with van der Waals surface area (Å²) < 4.78 is 5.10. The summed E-state index contributed by atoms with van der Waals surface area (Å²) in [5.74, 6) is 6.46. The van der Waals surface area contributed by atoms with Crippen molar-refractivity contribution in [3.05, 3.63) is 40.6 Å². The van der Waals surface area contributed by atoms with Crippen molar-refractivity contribution in [2.45, 2.75) is 6.54 Å². The maximum absolute atomic E-state index is 12.1. The number of urea groups is 1. The van der Waals surface area contributed by atoms with Gasteiger partial charge >= 0.3 is 6.03 Å². The molecule has 21 heavy (non-hydrogen) atoms. The lowest BCUT2D eigenvalue weighted by molar-refractivity contribution is 0.246. The number of hydrogen-bond donors (Lipinski definition) is 2. The number of carbonyl (C=O) groups excluding carboxylic acids is 1. The number of aliphatic imine (C=N–C) groups is 1. The van der Waals surface area contributed by atoms with E-state index in [2.05, 4.69) is 17.0 Å². The monoisotopic (exact) mass is 304 g/mol. The number of thiophene rings is 1. The zero-order valence-electron chi connectivity index (χ0n) is 11.6. The van der Waals surface area contributed by atoms with Gasteiger partial charge in [0.25, 0.3) is 0 Å². The van der Waals surface area contributed by atoms with Crippen LogP contribution in [-0.4, -0.2) is 19.9 Å². The lowest BCUT2D eigenvalue weighted by atomic mass is 10.2. The first kappa shape index (κ1) is 15.0. The number of ether oxygens (including phenoxy) is 1. The maximum Gasteiger partial charge on any atom is 0.336 e. The average molecular weight is 304 g/mol. The van der Waals surface area contributed by atoms with E-state index in [1.807, 2.05) is 17.5 Å². The summed E-state index contributed by atoms with van der Waals surface area (Å²) >= 11 is 1.57. The fourth-order valence-corrected chi connectivity index (χ4v) is 2.38. The molecule has 0 saturated carbocycles. The summed E-state index contributed by atoms with van der Waals surface area (Å²) in [5, 5.41) is 5.70. The van der Waals surface area contributed by atoms with Gasteiger partial charge in [-0.15, -0.1) is 11.3 Å². The van der Waals surface area contributed by atoms with Crippen LogP contribution in [0.15, 0.2) is 40.7 Å². The molecular formula is C14H16N4O2S. The molecule has 0 radical (unpaired) electrons. The highest BCUT2D eigenvalue weighted by Crippen LogP contribution is 2.31. The van der Waals surface area contributed by atoms with E-state index in [9.17, 15) is 4.79 Å². The number of benzene rings is 1. The molecule has 1 aromatic heterocycles. The molecular weight excluding hydrogens is 288 g/mol. The van der Waals surface area contributed by atoms with Crippen molar-refractivity contribution in [1.82, 2.24) is 5.32 Å². The van der Waals surface area contributed by atoms with Gasteiger partial charge in [-0.2, -0.15) is 0 Å². The minimum absolute atomic E-state index is 0.418. The van der Waals surface area contributed by atoms with Crippen molar-refractivity contribution in [1.29, 1.82) is 0 Å². The molecule has 7 heteroatoms. The van der Waals surface area contributed by atoms with Crippen LogP contribution in [0.25, 0.3) is 0 Å². The number of nitrogens with zero attached hydrogens (tertiary/aromatic N) is 2. The van der Waals surface area contributed by atoms with E-state index < -0.39 is 6.03 Å². The Bertz CT molecular complexity index is 628. The molecule has 0 aliphatic heterocycles. The predicted molar refractivity (Wildman–Crippen MR) is 85.4 cm³/mol. The molecule has 2 rings (SSSR count). The highest BCUT2D eigenvalue weighted by Gasteiger charge is 2.15. The Balaban J connectivity index is 2.09. The van der Waals surface area contributed by atoms with E-state index in [0.29, 0.717) is 23.7 Å². The van der Waals surface area contributed by atoms with Crippen LogP contribution in [0, 0.1) is 0 Å². The number of hydrazine groups is 1. The third-order valence-corrected chi connectivity index (χ3v) is 3.70. The van der Waals surface area contributed by atoms with Crippen LogP contribution in [0.1, 0.15) is 4.88 Å². The highest BCUT2D eigenvalue weighted by molar-refractivity contribution is 7.09. The van der Waals surface area contributed by atoms with Gasteiger partial charge in [0.05, 0.1) is 25.0 Å². The maximum atomic E-state index is 12.1. The fourth-order valence-electron chi connectivity index (χ4n) is 1.73. The number of carbonyl (C=O) groups is 1. The van der Waals surface area contributed by atoms with Gasteiger partial charge in [0.2, 0.25) is 0 Å². The molecule has 0 saturated heterocycles. The summed E-state index contributed by atoms with van der Waals surface area (Å²) in [5.41, 5.74) is 0.928. The molecule has 0 spiro atoms. The topological polar surface area (TPSA) is 79.9 Å². The van der Waals surface area contributed by atoms with Gasteiger partial charge in [0, 0.05) is 10.9 Å². The molecule has 3 N–H and O–H groups in total. The van der Waals surface area contributed by atoms with E-state index in [0.717, 1.165) is 9.89 Å². The van der Waals surface area contributed by atoms with Crippen LogP contribution in [0.2, 0.25) is 0 Å². The Morgan fingerprint density at radius 2 is 2.33 bits per heavy atom. The van der Waals surface area contributed by atoms with Gasteiger partial charge in [-0.25, -0.2) is 15.6 Å². The van der Waals surface area contributed by atoms with Crippen molar-refractivity contribution in [3.8, 4) is 5.75 Å². The van der Waals surface area contributed by atoms with Crippen LogP contribution >= 0.6 is 11.3 Å². The van der Waals surface area contributed by atoms with E-state index in [-0.39, 0.29) is 0 Å². The number of amides is 2. The number of hydrogen-bond acceptors (Lipinski definition) is 5. The Kier molecular flexibility index (Phi) is 4.91. The van der Waals surface area contributed by atoms with Crippen LogP contribution < -0.4 is 20.9 Å². The minimum atomic E-state index is -0.418. The third kappa shape index (κ3) is 3.59. The van der Waals surface area contributed by atoms with E-state index >= 15 is 0 Å². The average Bonchev–Trinajstić information content (AvgIpc) is 3.04. The summed E-state index contributed by atoms with van der Waals surface area (Å²) in [4.78, 5) is 17.0. The Hall–Kier alpha value is -2.38. The number of anilines is 1. The first-order chi connectivity index (χ1) is 10.2. The Morgan fingerprint density at radius 3 is 2.95 bits per heavy atom. The zero-order chi connectivity index (χ0) is 15.2. The lowest BCUT2D eigenvalue weighted by Crippen LogP contribution is -2.44. The SMILES string of the molecule is C=Nc1cc(OC)ccc1N(N)C(=O)NCc1cccs1. The number of methoxy groups -OCH3 is 1. The number of rotatable bonds is 5. The number of nitrogens with one attached hydrogen (secondary N) is 1. The van der Waals surface area contributed by atoms with Crippen LogP contribution in [0.3, 0.4) is 0 Å². The van der Waals surface area contributed by atoms with Gasteiger partial charge in [-0.1, -0.05) is 6.07 Å². The molecule has 2 amide bonds. The summed E-state index contributed by atoms with van der Waals surface area (Å²) in [7, 11) is 1.55. The summed E-state index contributed by atoms with van der Waals surface area (Å²) in [6, 6.07) is 8.47. The minimum Gasteiger partial charge on any atom is -0.497 e. The van der Waals surface area contributed by atoms with E-state index in [4.69, 9.17) is 10.6 Å².